The molecule has 2 aromatic carbocycles. The Morgan fingerprint density at radius 2 is 1.91 bits per heavy atom. The van der Waals surface area contributed by atoms with Crippen LogP contribution in [0, 0.1) is 11.7 Å². The Morgan fingerprint density at radius 3 is 2.52 bits per heavy atom. The second kappa shape index (κ2) is 10.1. The lowest BCUT2D eigenvalue weighted by atomic mass is 9.99. The van der Waals surface area contributed by atoms with Crippen molar-refractivity contribution in [1.29, 1.82) is 0 Å². The highest BCUT2D eigenvalue weighted by Crippen LogP contribution is 2.31. The number of nitrogens with zero attached hydrogens (tertiary/aromatic N) is 2. The second-order valence-corrected chi connectivity index (χ2v) is 10.3. The number of fused-ring (bicyclic) bond motifs is 1. The number of hydrogen-bond acceptors (Lipinski definition) is 6. The third-order valence-corrected chi connectivity index (χ3v) is 6.98. The molecule has 10 heteroatoms. The molecule has 1 aliphatic rings. The minimum absolute atomic E-state index is 0.00449. The van der Waals surface area contributed by atoms with Crippen LogP contribution in [0.4, 0.5) is 10.1 Å². The summed E-state index contributed by atoms with van der Waals surface area (Å²) in [5.41, 5.74) is 0.370. The summed E-state index contributed by atoms with van der Waals surface area (Å²) in [4.78, 5) is 16.9. The van der Waals surface area contributed by atoms with Crippen molar-refractivity contribution in [3.8, 4) is 5.75 Å². The van der Waals surface area contributed by atoms with E-state index < -0.39 is 21.9 Å². The fraction of sp³-hybridized carbons (Fsp3) is 0.435. The monoisotopic (exact) mass is 479 g/mol. The van der Waals surface area contributed by atoms with Crippen LogP contribution >= 0.6 is 0 Å². The summed E-state index contributed by atoms with van der Waals surface area (Å²) < 4.78 is 47.3. The number of likely N-dealkylation sites (N-methyl/N-ethyl adjacent to an activating group) is 1. The van der Waals surface area contributed by atoms with Crippen LogP contribution in [0.3, 0.4) is 0 Å². The standard InChI is InChI=1S/C23H30FN3O5S/c1-15-12-27(16(2)14-28)23(29)20-11-18(7-10-21(20)32-22(15)13-26(3)4)25-33(30,31)19-8-5-17(24)6-9-19/h5-11,15-16,22,25,28H,12-14H2,1-4H3/t15-,16-,22+/m1/s1. The van der Waals surface area contributed by atoms with Crippen LogP contribution in [0.25, 0.3) is 0 Å². The molecular formula is C23H30FN3O5S. The minimum atomic E-state index is -3.99. The zero-order chi connectivity index (χ0) is 24.3. The summed E-state index contributed by atoms with van der Waals surface area (Å²) in [7, 11) is -0.124. The van der Waals surface area contributed by atoms with Gasteiger partial charge in [-0.05, 0) is 63.5 Å². The number of aliphatic hydroxyl groups excluding tert-OH is 1. The maximum absolute atomic E-state index is 13.4. The number of halogens is 1. The third-order valence-electron chi connectivity index (χ3n) is 5.59. The molecule has 2 aromatic rings. The number of amides is 1. The number of carbonyl (C=O) groups excluding carboxylic acids is 1. The van der Waals surface area contributed by atoms with Gasteiger partial charge in [-0.25, -0.2) is 12.8 Å². The predicted molar refractivity (Wildman–Crippen MR) is 123 cm³/mol. The van der Waals surface area contributed by atoms with E-state index in [1.54, 1.807) is 17.9 Å². The minimum Gasteiger partial charge on any atom is -0.488 e. The van der Waals surface area contributed by atoms with E-state index in [9.17, 15) is 22.7 Å². The van der Waals surface area contributed by atoms with Crippen molar-refractivity contribution >= 4 is 21.6 Å². The molecule has 0 bridgehead atoms. The van der Waals surface area contributed by atoms with Crippen molar-refractivity contribution in [3.63, 3.8) is 0 Å². The van der Waals surface area contributed by atoms with Gasteiger partial charge in [0.15, 0.2) is 0 Å². The van der Waals surface area contributed by atoms with Gasteiger partial charge in [-0.1, -0.05) is 6.92 Å². The molecule has 0 aromatic heterocycles. The van der Waals surface area contributed by atoms with Gasteiger partial charge >= 0.3 is 0 Å². The molecule has 3 atom stereocenters. The highest BCUT2D eigenvalue weighted by Gasteiger charge is 2.33. The number of ether oxygens (including phenoxy) is 1. The quantitative estimate of drug-likeness (QED) is 0.633. The van der Waals surface area contributed by atoms with Crippen LogP contribution < -0.4 is 9.46 Å². The lowest BCUT2D eigenvalue weighted by Gasteiger charge is -2.37. The van der Waals surface area contributed by atoms with E-state index in [4.69, 9.17) is 4.74 Å². The van der Waals surface area contributed by atoms with E-state index in [1.165, 1.54) is 12.1 Å². The average molecular weight is 480 g/mol. The first-order valence-electron chi connectivity index (χ1n) is 10.7. The SMILES string of the molecule is C[C@@H]1CN([C@H](C)CO)C(=O)c2cc(NS(=O)(=O)c3ccc(F)cc3)ccc2O[C@H]1CN(C)C. The van der Waals surface area contributed by atoms with Crippen LogP contribution in [-0.2, 0) is 10.0 Å². The molecule has 0 fully saturated rings. The lowest BCUT2D eigenvalue weighted by Crippen LogP contribution is -2.49. The van der Waals surface area contributed by atoms with E-state index in [-0.39, 0.29) is 40.7 Å². The van der Waals surface area contributed by atoms with Crippen LogP contribution in [0.15, 0.2) is 47.4 Å². The molecule has 0 spiro atoms. The summed E-state index contributed by atoms with van der Waals surface area (Å²) in [6, 6.07) is 8.54. The van der Waals surface area contributed by atoms with Gasteiger partial charge in [-0.15, -0.1) is 0 Å². The largest absolute Gasteiger partial charge is 0.488 e. The van der Waals surface area contributed by atoms with Crippen LogP contribution in [0.1, 0.15) is 24.2 Å². The molecule has 33 heavy (non-hydrogen) atoms. The molecule has 8 nitrogen and oxygen atoms in total. The number of anilines is 1. The van der Waals surface area contributed by atoms with Crippen molar-refractivity contribution in [2.75, 3.05) is 38.5 Å². The zero-order valence-electron chi connectivity index (χ0n) is 19.2. The summed E-state index contributed by atoms with van der Waals surface area (Å²) in [5.74, 6) is -0.560. The Hall–Kier alpha value is -2.69. The van der Waals surface area contributed by atoms with Crippen molar-refractivity contribution in [3.05, 3.63) is 53.8 Å². The third kappa shape index (κ3) is 5.82. The maximum atomic E-state index is 13.4. The smallest absolute Gasteiger partial charge is 0.261 e. The average Bonchev–Trinajstić information content (AvgIpc) is 2.76. The van der Waals surface area contributed by atoms with Gasteiger partial charge in [0.2, 0.25) is 0 Å². The van der Waals surface area contributed by atoms with Crippen molar-refractivity contribution in [1.82, 2.24) is 9.80 Å². The fourth-order valence-corrected chi connectivity index (χ4v) is 4.74. The van der Waals surface area contributed by atoms with E-state index in [0.29, 0.717) is 18.8 Å². The first-order valence-corrected chi connectivity index (χ1v) is 12.2. The summed E-state index contributed by atoms with van der Waals surface area (Å²) >= 11 is 0. The van der Waals surface area contributed by atoms with Gasteiger partial charge in [0, 0.05) is 24.7 Å². The Kier molecular flexibility index (Phi) is 7.61. The Bertz CT molecular complexity index is 1090. The van der Waals surface area contributed by atoms with E-state index in [0.717, 1.165) is 24.3 Å². The van der Waals surface area contributed by atoms with Crippen LogP contribution in [0.2, 0.25) is 0 Å². The number of benzene rings is 2. The Balaban J connectivity index is 2.00. The van der Waals surface area contributed by atoms with Crippen molar-refractivity contribution in [2.24, 2.45) is 5.92 Å². The first kappa shape index (κ1) is 24.9. The molecule has 1 aliphatic heterocycles. The van der Waals surface area contributed by atoms with Crippen LogP contribution in [-0.4, -0.2) is 75.2 Å². The Labute approximate surface area is 194 Å². The van der Waals surface area contributed by atoms with Crippen molar-refractivity contribution < 1.29 is 27.4 Å². The predicted octanol–water partition coefficient (Wildman–Crippen LogP) is 2.41. The number of sulfonamides is 1. The molecule has 2 N–H and O–H groups in total. The number of carbonyl (C=O) groups is 1. The number of rotatable bonds is 7. The lowest BCUT2D eigenvalue weighted by molar-refractivity contribution is 0.0363. The zero-order valence-corrected chi connectivity index (χ0v) is 20.0. The summed E-state index contributed by atoms with van der Waals surface area (Å²) in [6.07, 6.45) is -0.220. The highest BCUT2D eigenvalue weighted by atomic mass is 32.2. The van der Waals surface area contributed by atoms with Gasteiger partial charge in [0.25, 0.3) is 15.9 Å². The van der Waals surface area contributed by atoms with Gasteiger partial charge in [-0.2, -0.15) is 0 Å². The topological polar surface area (TPSA) is 99.2 Å². The molecule has 3 rings (SSSR count). The van der Waals surface area contributed by atoms with Gasteiger partial charge in [0.05, 0.1) is 23.1 Å². The second-order valence-electron chi connectivity index (χ2n) is 8.66. The summed E-state index contributed by atoms with van der Waals surface area (Å²) in [6.45, 7) is 4.55. The molecule has 1 heterocycles. The highest BCUT2D eigenvalue weighted by molar-refractivity contribution is 7.92. The molecule has 0 unspecified atom stereocenters. The normalized spacial score (nSPS) is 20.0. The number of aliphatic hydroxyl groups is 1. The van der Waals surface area contributed by atoms with E-state index >= 15 is 0 Å². The number of nitrogens with one attached hydrogen (secondary N) is 1. The maximum Gasteiger partial charge on any atom is 0.261 e. The molecule has 0 radical (unpaired) electrons. The molecule has 0 saturated heterocycles. The molecule has 0 aliphatic carbocycles. The molecular weight excluding hydrogens is 449 g/mol. The molecule has 1 amide bonds. The molecule has 0 saturated carbocycles. The van der Waals surface area contributed by atoms with Crippen molar-refractivity contribution in [2.45, 2.75) is 30.9 Å². The first-order chi connectivity index (χ1) is 15.5. The Morgan fingerprint density at radius 1 is 1.24 bits per heavy atom. The van der Waals surface area contributed by atoms with Crippen LogP contribution in [0.5, 0.6) is 5.75 Å². The summed E-state index contributed by atoms with van der Waals surface area (Å²) in [5, 5.41) is 9.71. The van der Waals surface area contributed by atoms with E-state index in [1.807, 2.05) is 25.9 Å². The fourth-order valence-electron chi connectivity index (χ4n) is 3.69. The van der Waals surface area contributed by atoms with Gasteiger partial charge in [-0.3, -0.25) is 9.52 Å². The molecule has 180 valence electrons. The number of hydrogen-bond donors (Lipinski definition) is 2. The van der Waals surface area contributed by atoms with E-state index in [2.05, 4.69) is 4.72 Å². The van der Waals surface area contributed by atoms with Gasteiger partial charge in [0.1, 0.15) is 17.7 Å². The van der Waals surface area contributed by atoms with Gasteiger partial charge < -0.3 is 19.6 Å².